The molecule has 0 aliphatic rings. The quantitative estimate of drug-likeness (QED) is 0.871. The second-order valence-electron chi connectivity index (χ2n) is 5.03. The molecule has 0 aliphatic carbocycles. The second-order valence-corrected chi connectivity index (χ2v) is 5.81. The highest BCUT2D eigenvalue weighted by Gasteiger charge is 2.04. The van der Waals surface area contributed by atoms with Crippen molar-refractivity contribution in [3.05, 3.63) is 52.2 Å². The molecule has 1 heterocycles. The molecular weight excluding hydrogens is 252 g/mol. The maximum atomic E-state index is 5.98. The van der Waals surface area contributed by atoms with Crippen molar-refractivity contribution in [2.75, 3.05) is 11.9 Å². The first-order valence-corrected chi connectivity index (χ1v) is 7.70. The topological polar surface area (TPSA) is 29.3 Å². The van der Waals surface area contributed by atoms with Gasteiger partial charge < -0.3 is 10.6 Å². The zero-order valence-electron chi connectivity index (χ0n) is 11.7. The molecule has 1 aromatic heterocycles. The van der Waals surface area contributed by atoms with E-state index in [1.54, 1.807) is 11.3 Å². The van der Waals surface area contributed by atoms with Crippen molar-refractivity contribution in [2.24, 2.45) is 5.73 Å². The lowest BCUT2D eigenvalue weighted by atomic mass is 10.0. The molecule has 3 heteroatoms. The van der Waals surface area contributed by atoms with E-state index in [1.165, 1.54) is 16.8 Å². The number of hydrogen-bond donors (Lipinski definition) is 1. The van der Waals surface area contributed by atoms with Crippen LogP contribution in [-0.2, 0) is 13.0 Å². The number of thiophene rings is 1. The smallest absolute Gasteiger partial charge is 0.0434 e. The van der Waals surface area contributed by atoms with Gasteiger partial charge in [0.05, 0.1) is 0 Å². The zero-order valence-corrected chi connectivity index (χ0v) is 12.5. The van der Waals surface area contributed by atoms with Gasteiger partial charge in [-0.05, 0) is 52.9 Å². The Kier molecular flexibility index (Phi) is 5.00. The number of anilines is 1. The van der Waals surface area contributed by atoms with E-state index < -0.39 is 0 Å². The van der Waals surface area contributed by atoms with Crippen molar-refractivity contribution >= 4 is 17.0 Å². The lowest BCUT2D eigenvalue weighted by Crippen LogP contribution is -2.21. The lowest BCUT2D eigenvalue weighted by molar-refractivity contribution is 0.646. The van der Waals surface area contributed by atoms with Crippen LogP contribution in [0.5, 0.6) is 0 Å². The Bertz CT molecular complexity index is 476. The minimum Gasteiger partial charge on any atom is -0.370 e. The van der Waals surface area contributed by atoms with Gasteiger partial charge in [0.25, 0.3) is 0 Å². The zero-order chi connectivity index (χ0) is 13.7. The van der Waals surface area contributed by atoms with E-state index >= 15 is 0 Å². The molecule has 1 aromatic carbocycles. The van der Waals surface area contributed by atoms with Crippen LogP contribution in [-0.4, -0.2) is 13.1 Å². The van der Waals surface area contributed by atoms with Crippen molar-refractivity contribution in [3.63, 3.8) is 0 Å². The van der Waals surface area contributed by atoms with Crippen molar-refractivity contribution in [1.29, 1.82) is 0 Å². The molecule has 0 spiro atoms. The van der Waals surface area contributed by atoms with E-state index in [1.807, 2.05) is 0 Å². The Labute approximate surface area is 119 Å². The van der Waals surface area contributed by atoms with Gasteiger partial charge in [-0.15, -0.1) is 0 Å². The lowest BCUT2D eigenvalue weighted by Gasteiger charge is -2.19. The fourth-order valence-electron chi connectivity index (χ4n) is 2.08. The fourth-order valence-corrected chi connectivity index (χ4v) is 2.74. The minimum atomic E-state index is 0.273. The number of benzene rings is 1. The second kappa shape index (κ2) is 6.73. The summed E-state index contributed by atoms with van der Waals surface area (Å²) in [6.45, 7) is 3.09. The third-order valence-corrected chi connectivity index (χ3v) is 4.13. The summed E-state index contributed by atoms with van der Waals surface area (Å²) in [5.74, 6) is 0. The van der Waals surface area contributed by atoms with Gasteiger partial charge in [-0.1, -0.05) is 19.1 Å². The molecule has 0 radical (unpaired) electrons. The van der Waals surface area contributed by atoms with E-state index in [2.05, 4.69) is 60.0 Å². The van der Waals surface area contributed by atoms with Crippen LogP contribution in [0.3, 0.4) is 0 Å². The van der Waals surface area contributed by atoms with Gasteiger partial charge in [-0.25, -0.2) is 0 Å². The Balaban J connectivity index is 1.97. The first-order valence-electron chi connectivity index (χ1n) is 6.75. The SMILES string of the molecule is CCC(N)Cc1ccc(N(C)Cc2ccsc2)cc1. The van der Waals surface area contributed by atoms with Crippen LogP contribution in [0, 0.1) is 0 Å². The monoisotopic (exact) mass is 274 g/mol. The summed E-state index contributed by atoms with van der Waals surface area (Å²) >= 11 is 1.75. The number of hydrogen-bond acceptors (Lipinski definition) is 3. The van der Waals surface area contributed by atoms with E-state index in [0.717, 1.165) is 19.4 Å². The highest BCUT2D eigenvalue weighted by molar-refractivity contribution is 7.07. The molecule has 2 aromatic rings. The summed E-state index contributed by atoms with van der Waals surface area (Å²) in [6.07, 6.45) is 1.99. The predicted octanol–water partition coefficient (Wildman–Crippen LogP) is 3.66. The molecule has 1 unspecified atom stereocenters. The average Bonchev–Trinajstić information content (AvgIpc) is 2.92. The molecule has 102 valence electrons. The summed E-state index contributed by atoms with van der Waals surface area (Å²) in [5, 5.41) is 4.32. The van der Waals surface area contributed by atoms with Crippen LogP contribution in [0.2, 0.25) is 0 Å². The Morgan fingerprint density at radius 3 is 2.47 bits per heavy atom. The standard InChI is InChI=1S/C16H22N2S/c1-3-15(17)10-13-4-6-16(7-5-13)18(2)11-14-8-9-19-12-14/h4-9,12,15H,3,10-11,17H2,1-2H3. The summed E-state index contributed by atoms with van der Waals surface area (Å²) in [6, 6.07) is 11.2. The van der Waals surface area contributed by atoms with Crippen LogP contribution < -0.4 is 10.6 Å². The predicted molar refractivity (Wildman–Crippen MR) is 84.8 cm³/mol. The molecule has 2 nitrogen and oxygen atoms in total. The van der Waals surface area contributed by atoms with Gasteiger partial charge in [0, 0.05) is 25.3 Å². The van der Waals surface area contributed by atoms with Crippen LogP contribution in [0.1, 0.15) is 24.5 Å². The highest BCUT2D eigenvalue weighted by atomic mass is 32.1. The van der Waals surface area contributed by atoms with E-state index in [4.69, 9.17) is 5.73 Å². The van der Waals surface area contributed by atoms with Crippen molar-refractivity contribution in [2.45, 2.75) is 32.4 Å². The van der Waals surface area contributed by atoms with Gasteiger partial charge in [-0.3, -0.25) is 0 Å². The largest absolute Gasteiger partial charge is 0.370 e. The van der Waals surface area contributed by atoms with Crippen LogP contribution >= 0.6 is 11.3 Å². The molecule has 19 heavy (non-hydrogen) atoms. The molecule has 0 saturated carbocycles. The van der Waals surface area contributed by atoms with Gasteiger partial charge in [0.15, 0.2) is 0 Å². The minimum absolute atomic E-state index is 0.273. The summed E-state index contributed by atoms with van der Waals surface area (Å²) < 4.78 is 0. The molecule has 2 rings (SSSR count). The van der Waals surface area contributed by atoms with Crippen molar-refractivity contribution in [1.82, 2.24) is 0 Å². The van der Waals surface area contributed by atoms with Crippen LogP contribution in [0.15, 0.2) is 41.1 Å². The van der Waals surface area contributed by atoms with Gasteiger partial charge in [0.2, 0.25) is 0 Å². The van der Waals surface area contributed by atoms with Crippen molar-refractivity contribution < 1.29 is 0 Å². The summed E-state index contributed by atoms with van der Waals surface area (Å²) in [7, 11) is 2.13. The van der Waals surface area contributed by atoms with Crippen LogP contribution in [0.25, 0.3) is 0 Å². The van der Waals surface area contributed by atoms with Gasteiger partial charge in [0.1, 0.15) is 0 Å². The average molecular weight is 274 g/mol. The molecule has 0 saturated heterocycles. The molecular formula is C16H22N2S. The van der Waals surface area contributed by atoms with Crippen LogP contribution in [0.4, 0.5) is 5.69 Å². The first-order chi connectivity index (χ1) is 9.19. The fraction of sp³-hybridized carbons (Fsp3) is 0.375. The molecule has 0 amide bonds. The molecule has 0 fully saturated rings. The number of rotatable bonds is 6. The Morgan fingerprint density at radius 1 is 1.16 bits per heavy atom. The Hall–Kier alpha value is -1.32. The molecule has 1 atom stereocenters. The third kappa shape index (κ3) is 4.08. The van der Waals surface area contributed by atoms with Gasteiger partial charge >= 0.3 is 0 Å². The first kappa shape index (κ1) is 14.1. The van der Waals surface area contributed by atoms with E-state index in [-0.39, 0.29) is 6.04 Å². The maximum absolute atomic E-state index is 5.98. The number of nitrogens with two attached hydrogens (primary N) is 1. The summed E-state index contributed by atoms with van der Waals surface area (Å²) in [5.41, 5.74) is 9.92. The summed E-state index contributed by atoms with van der Waals surface area (Å²) in [4.78, 5) is 2.27. The maximum Gasteiger partial charge on any atom is 0.0434 e. The molecule has 0 bridgehead atoms. The molecule has 2 N–H and O–H groups in total. The molecule has 0 aliphatic heterocycles. The van der Waals surface area contributed by atoms with Gasteiger partial charge in [-0.2, -0.15) is 11.3 Å². The Morgan fingerprint density at radius 2 is 1.89 bits per heavy atom. The van der Waals surface area contributed by atoms with E-state index in [9.17, 15) is 0 Å². The normalized spacial score (nSPS) is 12.4. The van der Waals surface area contributed by atoms with E-state index in [0.29, 0.717) is 0 Å². The number of nitrogens with zero attached hydrogens (tertiary/aromatic N) is 1. The third-order valence-electron chi connectivity index (χ3n) is 3.40. The van der Waals surface area contributed by atoms with Crippen molar-refractivity contribution in [3.8, 4) is 0 Å². The highest BCUT2D eigenvalue weighted by Crippen LogP contribution is 2.18.